The molecule has 0 bridgehead atoms. The van der Waals surface area contributed by atoms with Gasteiger partial charge in [0.2, 0.25) is 0 Å². The Morgan fingerprint density at radius 3 is 2.65 bits per heavy atom. The molecule has 1 heterocycles. The lowest BCUT2D eigenvalue weighted by molar-refractivity contribution is -0.384. The maximum absolute atomic E-state index is 10.7. The minimum Gasteiger partial charge on any atom is -0.488 e. The Balaban J connectivity index is 2.17. The fraction of sp³-hybridized carbons (Fsp3) is 0.308. The summed E-state index contributed by atoms with van der Waals surface area (Å²) in [6.07, 6.45) is 0. The number of non-ortho nitro benzene ring substituents is 1. The van der Waals surface area contributed by atoms with E-state index in [1.165, 1.54) is 12.1 Å². The van der Waals surface area contributed by atoms with Crippen molar-refractivity contribution in [3.63, 3.8) is 0 Å². The molecule has 2 aromatic rings. The molecule has 0 aliphatic rings. The van der Waals surface area contributed by atoms with Crippen molar-refractivity contribution in [3.05, 3.63) is 50.3 Å². The molecule has 0 fully saturated rings. The number of nitro benzene ring substituents is 1. The Hall–Kier alpha value is -2.08. The van der Waals surface area contributed by atoms with Crippen molar-refractivity contribution in [1.82, 2.24) is 9.78 Å². The lowest BCUT2D eigenvalue weighted by atomic mass is 10.2. The number of ether oxygens (including phenoxy) is 1. The number of nitrogens with zero attached hydrogens (tertiary/aromatic N) is 3. The molecule has 0 aliphatic heterocycles. The summed E-state index contributed by atoms with van der Waals surface area (Å²) in [4.78, 5) is 10.2. The number of nitro groups is 1. The van der Waals surface area contributed by atoms with Crippen LogP contribution in [0.5, 0.6) is 5.75 Å². The van der Waals surface area contributed by atoms with Gasteiger partial charge in [0.05, 0.1) is 10.6 Å². The van der Waals surface area contributed by atoms with E-state index in [1.807, 2.05) is 6.92 Å². The number of benzene rings is 1. The van der Waals surface area contributed by atoms with Gasteiger partial charge >= 0.3 is 0 Å². The van der Waals surface area contributed by atoms with Crippen LogP contribution in [-0.4, -0.2) is 14.7 Å². The van der Waals surface area contributed by atoms with Crippen molar-refractivity contribution in [3.8, 4) is 5.75 Å². The number of hydrogen-bond donors (Lipinski definition) is 0. The van der Waals surface area contributed by atoms with E-state index >= 15 is 0 Å². The smallest absolute Gasteiger partial charge is 0.269 e. The molecular weight excluding hydrogens is 282 g/mol. The normalized spacial score (nSPS) is 10.6. The Morgan fingerprint density at radius 1 is 1.45 bits per heavy atom. The second-order valence-corrected chi connectivity index (χ2v) is 4.83. The van der Waals surface area contributed by atoms with Crippen molar-refractivity contribution in [2.45, 2.75) is 20.5 Å². The van der Waals surface area contributed by atoms with Gasteiger partial charge in [-0.3, -0.25) is 14.8 Å². The third-order valence-corrected chi connectivity index (χ3v) is 3.48. The van der Waals surface area contributed by atoms with E-state index in [2.05, 4.69) is 5.10 Å². The number of hydrogen-bond acceptors (Lipinski definition) is 4. The van der Waals surface area contributed by atoms with E-state index in [9.17, 15) is 10.1 Å². The van der Waals surface area contributed by atoms with Crippen LogP contribution in [0.1, 0.15) is 16.8 Å². The summed E-state index contributed by atoms with van der Waals surface area (Å²) in [5.74, 6) is 0.593. The van der Waals surface area contributed by atoms with E-state index in [0.29, 0.717) is 16.5 Å². The summed E-state index contributed by atoms with van der Waals surface area (Å²) in [6, 6.07) is 4.49. The molecule has 0 saturated carbocycles. The van der Waals surface area contributed by atoms with E-state index < -0.39 is 4.92 Å². The van der Waals surface area contributed by atoms with Gasteiger partial charge in [0.25, 0.3) is 5.69 Å². The molecule has 6 nitrogen and oxygen atoms in total. The monoisotopic (exact) mass is 295 g/mol. The standard InChI is InChI=1S/C13H14ClN3O3/c1-8-6-10(17(18)19)4-5-12(8)20-7-11-9(2)15-16(3)13(11)14/h4-6H,7H2,1-3H3. The summed E-state index contributed by atoms with van der Waals surface area (Å²) in [6.45, 7) is 3.89. The zero-order chi connectivity index (χ0) is 14.9. The van der Waals surface area contributed by atoms with Crippen LogP contribution < -0.4 is 4.74 Å². The zero-order valence-corrected chi connectivity index (χ0v) is 12.1. The molecule has 0 amide bonds. The summed E-state index contributed by atoms with van der Waals surface area (Å²) in [5.41, 5.74) is 2.37. The van der Waals surface area contributed by atoms with Gasteiger partial charge in [-0.25, -0.2) is 0 Å². The van der Waals surface area contributed by atoms with Gasteiger partial charge in [-0.05, 0) is 25.5 Å². The molecule has 2 rings (SSSR count). The third-order valence-electron chi connectivity index (χ3n) is 3.01. The van der Waals surface area contributed by atoms with Crippen LogP contribution in [0.3, 0.4) is 0 Å². The predicted octanol–water partition coefficient (Wildman–Crippen LogP) is 3.18. The lowest BCUT2D eigenvalue weighted by Gasteiger charge is -2.08. The molecule has 0 aliphatic carbocycles. The molecule has 20 heavy (non-hydrogen) atoms. The van der Waals surface area contributed by atoms with E-state index in [0.717, 1.165) is 11.3 Å². The molecule has 0 spiro atoms. The molecule has 7 heteroatoms. The second kappa shape index (κ2) is 5.50. The molecule has 0 atom stereocenters. The first-order valence-electron chi connectivity index (χ1n) is 5.96. The fourth-order valence-corrected chi connectivity index (χ4v) is 2.13. The van der Waals surface area contributed by atoms with Crippen LogP contribution in [0.25, 0.3) is 0 Å². The van der Waals surface area contributed by atoms with Gasteiger partial charge in [0.15, 0.2) is 0 Å². The largest absolute Gasteiger partial charge is 0.488 e. The first-order valence-corrected chi connectivity index (χ1v) is 6.33. The predicted molar refractivity (Wildman–Crippen MR) is 75.1 cm³/mol. The summed E-state index contributed by atoms with van der Waals surface area (Å²) in [5, 5.41) is 15.4. The number of aryl methyl sites for hydroxylation is 3. The quantitative estimate of drug-likeness (QED) is 0.641. The van der Waals surface area contributed by atoms with Gasteiger partial charge in [-0.1, -0.05) is 11.6 Å². The van der Waals surface area contributed by atoms with Crippen molar-refractivity contribution in [1.29, 1.82) is 0 Å². The first-order chi connectivity index (χ1) is 9.40. The number of rotatable bonds is 4. The van der Waals surface area contributed by atoms with Gasteiger partial charge in [-0.15, -0.1) is 0 Å². The minimum atomic E-state index is -0.432. The maximum Gasteiger partial charge on any atom is 0.269 e. The van der Waals surface area contributed by atoms with Gasteiger partial charge in [0, 0.05) is 24.7 Å². The van der Waals surface area contributed by atoms with Crippen molar-refractivity contribution >= 4 is 17.3 Å². The minimum absolute atomic E-state index is 0.0467. The molecule has 0 N–H and O–H groups in total. The van der Waals surface area contributed by atoms with Crippen molar-refractivity contribution < 1.29 is 9.66 Å². The zero-order valence-electron chi connectivity index (χ0n) is 11.4. The van der Waals surface area contributed by atoms with Gasteiger partial charge in [-0.2, -0.15) is 5.10 Å². The van der Waals surface area contributed by atoms with Gasteiger partial charge < -0.3 is 4.74 Å². The summed E-state index contributed by atoms with van der Waals surface area (Å²) >= 11 is 6.12. The molecule has 1 aromatic heterocycles. The SMILES string of the molecule is Cc1cc([N+](=O)[O-])ccc1OCc1c(C)nn(C)c1Cl. The van der Waals surface area contributed by atoms with Crippen LogP contribution in [-0.2, 0) is 13.7 Å². The fourth-order valence-electron chi connectivity index (χ4n) is 1.90. The van der Waals surface area contributed by atoms with Crippen LogP contribution in [0.2, 0.25) is 5.15 Å². The van der Waals surface area contributed by atoms with Crippen LogP contribution >= 0.6 is 11.6 Å². The number of halogens is 1. The third kappa shape index (κ3) is 2.75. The average Bonchev–Trinajstić information content (AvgIpc) is 2.62. The van der Waals surface area contributed by atoms with E-state index in [-0.39, 0.29) is 12.3 Å². The van der Waals surface area contributed by atoms with E-state index in [1.54, 1.807) is 24.7 Å². The summed E-state index contributed by atoms with van der Waals surface area (Å²) in [7, 11) is 1.76. The highest BCUT2D eigenvalue weighted by Crippen LogP contribution is 2.26. The molecule has 106 valence electrons. The Morgan fingerprint density at radius 2 is 2.15 bits per heavy atom. The number of aromatic nitrogens is 2. The Kier molecular flexibility index (Phi) is 3.94. The Bertz CT molecular complexity index is 667. The first kappa shape index (κ1) is 14.3. The average molecular weight is 296 g/mol. The van der Waals surface area contributed by atoms with Crippen molar-refractivity contribution in [2.75, 3.05) is 0 Å². The molecular formula is C13H14ClN3O3. The van der Waals surface area contributed by atoms with Crippen LogP contribution in [0.4, 0.5) is 5.69 Å². The van der Waals surface area contributed by atoms with Crippen molar-refractivity contribution in [2.24, 2.45) is 7.05 Å². The highest BCUT2D eigenvalue weighted by atomic mass is 35.5. The Labute approximate surface area is 121 Å². The second-order valence-electron chi connectivity index (χ2n) is 4.47. The van der Waals surface area contributed by atoms with Gasteiger partial charge in [0.1, 0.15) is 17.5 Å². The molecule has 0 saturated heterocycles. The molecule has 0 unspecified atom stereocenters. The molecule has 1 aromatic carbocycles. The summed E-state index contributed by atoms with van der Waals surface area (Å²) < 4.78 is 7.25. The van der Waals surface area contributed by atoms with E-state index in [4.69, 9.17) is 16.3 Å². The lowest BCUT2D eigenvalue weighted by Crippen LogP contribution is -1.99. The van der Waals surface area contributed by atoms with Crippen LogP contribution in [0, 0.1) is 24.0 Å². The highest BCUT2D eigenvalue weighted by molar-refractivity contribution is 6.30. The molecule has 0 radical (unpaired) electrons. The topological polar surface area (TPSA) is 70.2 Å². The maximum atomic E-state index is 10.7. The highest BCUT2D eigenvalue weighted by Gasteiger charge is 2.13. The van der Waals surface area contributed by atoms with Crippen LogP contribution in [0.15, 0.2) is 18.2 Å².